The molecule has 0 aromatic heterocycles. The van der Waals surface area contributed by atoms with Gasteiger partial charge in [-0.05, 0) is 29.8 Å². The molecule has 0 fully saturated rings. The van der Waals surface area contributed by atoms with Crippen LogP contribution in [0.3, 0.4) is 0 Å². The number of methoxy groups -OCH3 is 5. The molecule has 0 saturated carbocycles. The van der Waals surface area contributed by atoms with E-state index in [1.165, 1.54) is 14.2 Å². The van der Waals surface area contributed by atoms with Crippen LogP contribution < -0.4 is 23.7 Å². The smallest absolute Gasteiger partial charge is 0.203 e. The van der Waals surface area contributed by atoms with Crippen LogP contribution in [0.2, 0.25) is 0 Å². The SMILES string of the molecule is COc1cc(/C=C/c2ccc(OC)c(OC)c2O)cc(OC)c1OC. The molecule has 134 valence electrons. The van der Waals surface area contributed by atoms with Gasteiger partial charge in [0.25, 0.3) is 0 Å². The molecule has 2 aromatic rings. The summed E-state index contributed by atoms with van der Waals surface area (Å²) < 4.78 is 26.3. The number of phenols is 1. The minimum atomic E-state index is 0.00513. The second-order valence-corrected chi connectivity index (χ2v) is 5.03. The van der Waals surface area contributed by atoms with Crippen molar-refractivity contribution in [3.05, 3.63) is 35.4 Å². The van der Waals surface area contributed by atoms with Gasteiger partial charge in [0, 0.05) is 5.56 Å². The molecule has 0 bridgehead atoms. The summed E-state index contributed by atoms with van der Waals surface area (Å²) in [5, 5.41) is 10.3. The summed E-state index contributed by atoms with van der Waals surface area (Å²) in [7, 11) is 7.67. The Kier molecular flexibility index (Phi) is 6.00. The predicted molar refractivity (Wildman–Crippen MR) is 96.2 cm³/mol. The largest absolute Gasteiger partial charge is 0.504 e. The summed E-state index contributed by atoms with van der Waals surface area (Å²) in [6, 6.07) is 7.10. The van der Waals surface area contributed by atoms with Gasteiger partial charge in [0.05, 0.1) is 35.5 Å². The van der Waals surface area contributed by atoms with Crippen molar-refractivity contribution in [1.82, 2.24) is 0 Å². The average molecular weight is 346 g/mol. The maximum atomic E-state index is 10.3. The van der Waals surface area contributed by atoms with Gasteiger partial charge in [0.1, 0.15) is 0 Å². The maximum absolute atomic E-state index is 10.3. The Morgan fingerprint density at radius 1 is 0.680 bits per heavy atom. The molecular weight excluding hydrogens is 324 g/mol. The predicted octanol–water partition coefficient (Wildman–Crippen LogP) is 3.61. The summed E-state index contributed by atoms with van der Waals surface area (Å²) in [5.74, 6) is 2.39. The highest BCUT2D eigenvalue weighted by Crippen LogP contribution is 2.41. The standard InChI is InChI=1S/C19H22O6/c1-21-14-9-8-13(17(20)19(14)25-5)7-6-12-10-15(22-2)18(24-4)16(11-12)23-3/h6-11,20H,1-5H3/b7-6+. The zero-order chi connectivity index (χ0) is 18.4. The Morgan fingerprint density at radius 3 is 1.72 bits per heavy atom. The summed E-state index contributed by atoms with van der Waals surface area (Å²) >= 11 is 0. The van der Waals surface area contributed by atoms with Crippen molar-refractivity contribution < 1.29 is 28.8 Å². The fourth-order valence-electron chi connectivity index (χ4n) is 2.44. The van der Waals surface area contributed by atoms with Crippen LogP contribution in [0.1, 0.15) is 11.1 Å². The van der Waals surface area contributed by atoms with Crippen molar-refractivity contribution in [3.63, 3.8) is 0 Å². The molecule has 2 aromatic carbocycles. The summed E-state index contributed by atoms with van der Waals surface area (Å²) in [6.07, 6.45) is 3.59. The third kappa shape index (κ3) is 3.74. The monoisotopic (exact) mass is 346 g/mol. The minimum Gasteiger partial charge on any atom is -0.504 e. The molecule has 0 radical (unpaired) electrons. The Balaban J connectivity index is 2.43. The highest BCUT2D eigenvalue weighted by Gasteiger charge is 2.14. The van der Waals surface area contributed by atoms with Gasteiger partial charge in [0.2, 0.25) is 11.5 Å². The van der Waals surface area contributed by atoms with E-state index < -0.39 is 0 Å². The second kappa shape index (κ2) is 8.19. The molecule has 2 rings (SSSR count). The maximum Gasteiger partial charge on any atom is 0.203 e. The van der Waals surface area contributed by atoms with E-state index in [1.807, 2.05) is 18.2 Å². The van der Waals surface area contributed by atoms with Crippen LogP contribution in [0.4, 0.5) is 0 Å². The molecule has 0 aliphatic rings. The zero-order valence-corrected chi connectivity index (χ0v) is 15.0. The van der Waals surface area contributed by atoms with Crippen molar-refractivity contribution in [2.75, 3.05) is 35.5 Å². The first-order chi connectivity index (χ1) is 12.1. The van der Waals surface area contributed by atoms with Crippen molar-refractivity contribution in [2.24, 2.45) is 0 Å². The van der Waals surface area contributed by atoms with Gasteiger partial charge in [-0.15, -0.1) is 0 Å². The van der Waals surface area contributed by atoms with Crippen LogP contribution in [0.25, 0.3) is 12.2 Å². The van der Waals surface area contributed by atoms with Crippen LogP contribution in [0.5, 0.6) is 34.5 Å². The molecule has 0 heterocycles. The molecule has 0 unspecified atom stereocenters. The van der Waals surface area contributed by atoms with Crippen molar-refractivity contribution in [2.45, 2.75) is 0 Å². The third-order valence-corrected chi connectivity index (χ3v) is 3.69. The fourth-order valence-corrected chi connectivity index (χ4v) is 2.44. The Bertz CT molecular complexity index is 742. The van der Waals surface area contributed by atoms with Crippen LogP contribution in [-0.4, -0.2) is 40.7 Å². The number of phenolic OH excluding ortho intramolecular Hbond substituents is 1. The molecular formula is C19H22O6. The molecule has 1 N–H and O–H groups in total. The molecule has 0 saturated heterocycles. The van der Waals surface area contributed by atoms with Crippen molar-refractivity contribution in [1.29, 1.82) is 0 Å². The Hall–Kier alpha value is -3.02. The molecule has 0 spiro atoms. The van der Waals surface area contributed by atoms with Gasteiger partial charge in [-0.3, -0.25) is 0 Å². The molecule has 0 aliphatic heterocycles. The summed E-state index contributed by atoms with van der Waals surface area (Å²) in [6.45, 7) is 0. The first kappa shape index (κ1) is 18.3. The lowest BCUT2D eigenvalue weighted by molar-refractivity contribution is 0.324. The fraction of sp³-hybridized carbons (Fsp3) is 0.263. The van der Waals surface area contributed by atoms with E-state index in [0.29, 0.717) is 28.6 Å². The van der Waals surface area contributed by atoms with E-state index in [1.54, 1.807) is 39.5 Å². The van der Waals surface area contributed by atoms with E-state index in [0.717, 1.165) is 5.56 Å². The minimum absolute atomic E-state index is 0.00513. The molecule has 6 nitrogen and oxygen atoms in total. The van der Waals surface area contributed by atoms with Crippen LogP contribution in [0.15, 0.2) is 24.3 Å². The van der Waals surface area contributed by atoms with Crippen LogP contribution in [-0.2, 0) is 0 Å². The molecule has 6 heteroatoms. The summed E-state index contributed by atoms with van der Waals surface area (Å²) in [5.41, 5.74) is 1.41. The second-order valence-electron chi connectivity index (χ2n) is 5.03. The number of hydrogen-bond acceptors (Lipinski definition) is 6. The lowest BCUT2D eigenvalue weighted by Crippen LogP contribution is -1.95. The first-order valence-electron chi connectivity index (χ1n) is 7.51. The van der Waals surface area contributed by atoms with Gasteiger partial charge in [-0.2, -0.15) is 0 Å². The van der Waals surface area contributed by atoms with Gasteiger partial charge in [-0.25, -0.2) is 0 Å². The van der Waals surface area contributed by atoms with Gasteiger partial charge >= 0.3 is 0 Å². The number of rotatable bonds is 7. The third-order valence-electron chi connectivity index (χ3n) is 3.69. The van der Waals surface area contributed by atoms with E-state index in [4.69, 9.17) is 23.7 Å². The van der Waals surface area contributed by atoms with Gasteiger partial charge < -0.3 is 28.8 Å². The average Bonchev–Trinajstić information content (AvgIpc) is 2.65. The lowest BCUT2D eigenvalue weighted by Gasteiger charge is -2.13. The number of ether oxygens (including phenoxy) is 5. The Labute approximate surface area is 147 Å². The van der Waals surface area contributed by atoms with E-state index in [9.17, 15) is 5.11 Å². The van der Waals surface area contributed by atoms with E-state index in [-0.39, 0.29) is 11.5 Å². The quantitative estimate of drug-likeness (QED) is 0.773. The molecule has 0 aliphatic carbocycles. The van der Waals surface area contributed by atoms with E-state index in [2.05, 4.69) is 0 Å². The number of aromatic hydroxyl groups is 1. The van der Waals surface area contributed by atoms with E-state index >= 15 is 0 Å². The first-order valence-corrected chi connectivity index (χ1v) is 7.51. The normalized spacial score (nSPS) is 10.6. The lowest BCUT2D eigenvalue weighted by atomic mass is 10.1. The van der Waals surface area contributed by atoms with Gasteiger partial charge in [-0.1, -0.05) is 12.2 Å². The van der Waals surface area contributed by atoms with Crippen molar-refractivity contribution >= 4 is 12.2 Å². The molecule has 0 amide bonds. The molecule has 25 heavy (non-hydrogen) atoms. The Morgan fingerprint density at radius 2 is 1.24 bits per heavy atom. The van der Waals surface area contributed by atoms with Crippen molar-refractivity contribution in [3.8, 4) is 34.5 Å². The van der Waals surface area contributed by atoms with Crippen LogP contribution in [0, 0.1) is 0 Å². The molecule has 0 atom stereocenters. The number of hydrogen-bond donors (Lipinski definition) is 1. The highest BCUT2D eigenvalue weighted by molar-refractivity contribution is 5.77. The topological polar surface area (TPSA) is 66.4 Å². The van der Waals surface area contributed by atoms with Crippen LogP contribution >= 0.6 is 0 Å². The van der Waals surface area contributed by atoms with Gasteiger partial charge in [0.15, 0.2) is 23.0 Å². The zero-order valence-electron chi connectivity index (χ0n) is 15.0. The highest BCUT2D eigenvalue weighted by atomic mass is 16.5. The number of benzene rings is 2. The summed E-state index contributed by atoms with van der Waals surface area (Å²) in [4.78, 5) is 0.